The highest BCUT2D eigenvalue weighted by Crippen LogP contribution is 2.34. The molecule has 2 aliphatic rings. The van der Waals surface area contributed by atoms with Gasteiger partial charge >= 0.3 is 6.18 Å². The lowest BCUT2D eigenvalue weighted by atomic mass is 9.83. The van der Waals surface area contributed by atoms with Crippen molar-refractivity contribution in [3.8, 4) is 0 Å². The number of alkyl halides is 3. The van der Waals surface area contributed by atoms with Gasteiger partial charge in [0.25, 0.3) is 0 Å². The van der Waals surface area contributed by atoms with Gasteiger partial charge in [-0.2, -0.15) is 13.2 Å². The van der Waals surface area contributed by atoms with Crippen molar-refractivity contribution in [2.24, 2.45) is 0 Å². The van der Waals surface area contributed by atoms with Gasteiger partial charge in [-0.3, -0.25) is 4.79 Å². The molecule has 2 fully saturated rings. The van der Waals surface area contributed by atoms with Gasteiger partial charge in [-0.25, -0.2) is 13.1 Å². The second-order valence-corrected chi connectivity index (χ2v) is 10.2. The Morgan fingerprint density at radius 1 is 1.13 bits per heavy atom. The lowest BCUT2D eigenvalue weighted by Crippen LogP contribution is -2.50. The average molecular weight is 463 g/mol. The summed E-state index contributed by atoms with van der Waals surface area (Å²) < 4.78 is 70.0. The van der Waals surface area contributed by atoms with Crippen LogP contribution in [0.5, 0.6) is 0 Å². The molecule has 3 rings (SSSR count). The van der Waals surface area contributed by atoms with E-state index in [2.05, 4.69) is 16.9 Å². The van der Waals surface area contributed by atoms with E-state index in [9.17, 15) is 26.4 Å². The molecule has 1 saturated carbocycles. The summed E-state index contributed by atoms with van der Waals surface area (Å²) in [6.45, 7) is 0.0777. The standard InChI is InChI=1S/C21H29F3N2O4S/c1-31(28,29)25-18-11-12-26(20(27)13-21(22,23)24)19(18)14-30-17-9-7-16(8-10-17)15-5-3-2-4-6-15/h2-6,16-19,25H,7-14H2,1H3/t16-,17+,18-,19-/m1/s1. The van der Waals surface area contributed by atoms with Crippen molar-refractivity contribution in [2.75, 3.05) is 19.4 Å². The molecule has 1 aromatic rings. The Balaban J connectivity index is 1.59. The summed E-state index contributed by atoms with van der Waals surface area (Å²) in [6, 6.07) is 8.81. The highest BCUT2D eigenvalue weighted by atomic mass is 32.2. The number of sulfonamides is 1. The summed E-state index contributed by atoms with van der Waals surface area (Å²) in [4.78, 5) is 13.3. The van der Waals surface area contributed by atoms with Crippen LogP contribution in [-0.2, 0) is 19.6 Å². The number of hydrogen-bond donors (Lipinski definition) is 1. The number of rotatable bonds is 7. The first kappa shape index (κ1) is 24.0. The first-order valence-corrected chi connectivity index (χ1v) is 12.4. The molecule has 1 aromatic carbocycles. The molecule has 31 heavy (non-hydrogen) atoms. The Hall–Kier alpha value is -1.65. The van der Waals surface area contributed by atoms with E-state index < -0.39 is 40.6 Å². The fourth-order valence-corrected chi connectivity index (χ4v) is 5.40. The number of nitrogens with zero attached hydrogens (tertiary/aromatic N) is 1. The highest BCUT2D eigenvalue weighted by molar-refractivity contribution is 7.88. The number of benzene rings is 1. The van der Waals surface area contributed by atoms with Crippen LogP contribution in [0.1, 0.15) is 50.0 Å². The lowest BCUT2D eigenvalue weighted by Gasteiger charge is -2.33. The van der Waals surface area contributed by atoms with Gasteiger partial charge in [0, 0.05) is 12.6 Å². The third kappa shape index (κ3) is 7.18. The van der Waals surface area contributed by atoms with Crippen LogP contribution in [0.2, 0.25) is 0 Å². The summed E-state index contributed by atoms with van der Waals surface area (Å²) in [6.07, 6.45) is -1.46. The minimum absolute atomic E-state index is 0.0114. The summed E-state index contributed by atoms with van der Waals surface area (Å²) in [5, 5.41) is 0. The number of hydrogen-bond acceptors (Lipinski definition) is 4. The highest BCUT2D eigenvalue weighted by Gasteiger charge is 2.42. The zero-order valence-electron chi connectivity index (χ0n) is 17.5. The van der Waals surface area contributed by atoms with Crippen LogP contribution in [0, 0.1) is 0 Å². The SMILES string of the molecule is CS(=O)(=O)N[C@@H]1CCN(C(=O)CC(F)(F)F)[C@@H]1CO[C@H]1CC[C@@H](c2ccccc2)CC1. The zero-order valence-corrected chi connectivity index (χ0v) is 18.3. The molecule has 1 N–H and O–H groups in total. The predicted octanol–water partition coefficient (Wildman–Crippen LogP) is 3.20. The summed E-state index contributed by atoms with van der Waals surface area (Å²) in [5.74, 6) is -0.594. The lowest BCUT2D eigenvalue weighted by molar-refractivity contribution is -0.163. The fraction of sp³-hybridized carbons (Fsp3) is 0.667. The molecule has 0 radical (unpaired) electrons. The number of ether oxygens (including phenoxy) is 1. The molecule has 2 atom stereocenters. The monoisotopic (exact) mass is 462 g/mol. The van der Waals surface area contributed by atoms with Gasteiger partial charge in [-0.15, -0.1) is 0 Å². The van der Waals surface area contributed by atoms with Gasteiger partial charge in [-0.05, 0) is 43.6 Å². The number of carbonyl (C=O) groups excluding carboxylic acids is 1. The largest absolute Gasteiger partial charge is 0.397 e. The Bertz CT molecular complexity index is 840. The maximum Gasteiger partial charge on any atom is 0.397 e. The molecule has 10 heteroatoms. The first-order valence-electron chi connectivity index (χ1n) is 10.5. The normalized spacial score (nSPS) is 27.4. The minimum atomic E-state index is -4.61. The van der Waals surface area contributed by atoms with E-state index in [0.717, 1.165) is 36.8 Å². The first-order chi connectivity index (χ1) is 14.5. The van der Waals surface area contributed by atoms with Crippen molar-refractivity contribution in [3.63, 3.8) is 0 Å². The molecule has 1 saturated heterocycles. The van der Waals surface area contributed by atoms with E-state index in [1.807, 2.05) is 18.2 Å². The van der Waals surface area contributed by atoms with Crippen molar-refractivity contribution in [3.05, 3.63) is 35.9 Å². The Kier molecular flexibility index (Phi) is 7.64. The van der Waals surface area contributed by atoms with Gasteiger partial charge in [0.1, 0.15) is 6.42 Å². The Morgan fingerprint density at radius 2 is 1.77 bits per heavy atom. The maximum atomic E-state index is 12.7. The van der Waals surface area contributed by atoms with Crippen LogP contribution in [0.4, 0.5) is 13.2 Å². The van der Waals surface area contributed by atoms with Crippen molar-refractivity contribution in [1.29, 1.82) is 0 Å². The van der Waals surface area contributed by atoms with Crippen LogP contribution >= 0.6 is 0 Å². The minimum Gasteiger partial charge on any atom is -0.376 e. The van der Waals surface area contributed by atoms with Gasteiger partial charge < -0.3 is 9.64 Å². The second kappa shape index (κ2) is 9.87. The summed E-state index contributed by atoms with van der Waals surface area (Å²) in [5.41, 5.74) is 1.29. The molecule has 0 bridgehead atoms. The van der Waals surface area contributed by atoms with Crippen LogP contribution in [-0.4, -0.2) is 63.0 Å². The molecule has 0 unspecified atom stereocenters. The molecule has 1 aliphatic carbocycles. The van der Waals surface area contributed by atoms with Crippen molar-refractivity contribution < 1.29 is 31.1 Å². The molecular formula is C21H29F3N2O4S. The molecule has 174 valence electrons. The summed E-state index contributed by atoms with van der Waals surface area (Å²) >= 11 is 0. The molecule has 0 aromatic heterocycles. The van der Waals surface area contributed by atoms with E-state index in [0.29, 0.717) is 5.92 Å². The Morgan fingerprint density at radius 3 is 2.35 bits per heavy atom. The smallest absolute Gasteiger partial charge is 0.376 e. The molecule has 1 heterocycles. The fourth-order valence-electron chi connectivity index (χ4n) is 4.58. The van der Waals surface area contributed by atoms with Gasteiger partial charge in [0.05, 0.1) is 25.0 Å². The van der Waals surface area contributed by atoms with E-state index in [1.54, 1.807) is 0 Å². The van der Waals surface area contributed by atoms with E-state index >= 15 is 0 Å². The number of halogens is 3. The molecule has 1 amide bonds. The van der Waals surface area contributed by atoms with Crippen molar-refractivity contribution in [2.45, 2.75) is 68.8 Å². The number of amides is 1. The van der Waals surface area contributed by atoms with Crippen LogP contribution < -0.4 is 4.72 Å². The van der Waals surface area contributed by atoms with Gasteiger partial charge in [0.2, 0.25) is 15.9 Å². The number of likely N-dealkylation sites (tertiary alicyclic amines) is 1. The van der Waals surface area contributed by atoms with Gasteiger partial charge in [0.15, 0.2) is 0 Å². The van der Waals surface area contributed by atoms with Gasteiger partial charge in [-0.1, -0.05) is 30.3 Å². The van der Waals surface area contributed by atoms with Crippen molar-refractivity contribution >= 4 is 15.9 Å². The van der Waals surface area contributed by atoms with Crippen LogP contribution in [0.3, 0.4) is 0 Å². The third-order valence-electron chi connectivity index (χ3n) is 6.03. The quantitative estimate of drug-likeness (QED) is 0.675. The van der Waals surface area contributed by atoms with E-state index in [-0.39, 0.29) is 25.7 Å². The molecule has 1 aliphatic heterocycles. The summed E-state index contributed by atoms with van der Waals surface area (Å²) in [7, 11) is -3.57. The number of nitrogens with one attached hydrogen (secondary N) is 1. The second-order valence-electron chi connectivity index (χ2n) is 8.45. The average Bonchev–Trinajstić information content (AvgIpc) is 3.07. The zero-order chi connectivity index (χ0) is 22.6. The predicted molar refractivity (Wildman–Crippen MR) is 110 cm³/mol. The molecule has 6 nitrogen and oxygen atoms in total. The van der Waals surface area contributed by atoms with E-state index in [1.165, 1.54) is 5.56 Å². The van der Waals surface area contributed by atoms with E-state index in [4.69, 9.17) is 4.74 Å². The topological polar surface area (TPSA) is 75.7 Å². The molecular weight excluding hydrogens is 433 g/mol. The third-order valence-corrected chi connectivity index (χ3v) is 6.76. The van der Waals surface area contributed by atoms with Crippen LogP contribution in [0.25, 0.3) is 0 Å². The van der Waals surface area contributed by atoms with Crippen molar-refractivity contribution in [1.82, 2.24) is 9.62 Å². The number of carbonyl (C=O) groups is 1. The Labute approximate surface area is 181 Å². The maximum absolute atomic E-state index is 12.7. The van der Waals surface area contributed by atoms with Crippen LogP contribution in [0.15, 0.2) is 30.3 Å². The molecule has 0 spiro atoms.